The molecule has 32 heavy (non-hydrogen) atoms. The molecule has 0 bridgehead atoms. The molecule has 5 rings (SSSR count). The van der Waals surface area contributed by atoms with Gasteiger partial charge in [-0.2, -0.15) is 0 Å². The number of likely N-dealkylation sites (tertiary alicyclic amines) is 1. The fourth-order valence-electron chi connectivity index (χ4n) is 5.47. The maximum atomic E-state index is 12.6. The van der Waals surface area contributed by atoms with Gasteiger partial charge in [0.2, 0.25) is 5.91 Å². The van der Waals surface area contributed by atoms with Crippen LogP contribution in [0.15, 0.2) is 30.3 Å². The van der Waals surface area contributed by atoms with Crippen molar-refractivity contribution >= 4 is 50.9 Å². The van der Waals surface area contributed by atoms with Crippen LogP contribution in [0.3, 0.4) is 0 Å². The molecule has 2 saturated heterocycles. The number of halogens is 1. The number of nitrogens with zero attached hydrogens (tertiary/aromatic N) is 2. The van der Waals surface area contributed by atoms with Crippen molar-refractivity contribution in [1.82, 2.24) is 9.88 Å². The molecule has 0 aliphatic carbocycles. The number of benzene rings is 2. The number of carbonyl (C=O) groups excluding carboxylic acids is 2. The van der Waals surface area contributed by atoms with Gasteiger partial charge >= 0.3 is 0 Å². The van der Waals surface area contributed by atoms with E-state index in [1.165, 1.54) is 0 Å². The number of aromatic nitrogens is 1. The summed E-state index contributed by atoms with van der Waals surface area (Å²) in [5.41, 5.74) is 9.14. The first-order valence-electron chi connectivity index (χ1n) is 11.0. The third-order valence-corrected chi connectivity index (χ3v) is 7.03. The highest BCUT2D eigenvalue weighted by Gasteiger charge is 2.41. The number of carbonyl (C=O) groups is 2. The summed E-state index contributed by atoms with van der Waals surface area (Å²) in [7, 11) is 0. The normalized spacial score (nSPS) is 20.3. The van der Waals surface area contributed by atoms with Gasteiger partial charge in [-0.1, -0.05) is 35.7 Å². The number of fused-ring (bicyclic) bond motifs is 4. The van der Waals surface area contributed by atoms with Crippen LogP contribution >= 0.6 is 11.6 Å². The summed E-state index contributed by atoms with van der Waals surface area (Å²) in [5, 5.41) is 2.67. The first-order valence-corrected chi connectivity index (χ1v) is 11.3. The Balaban J connectivity index is 1.63. The minimum Gasteiger partial charge on any atom is -0.369 e. The predicted molar refractivity (Wildman–Crippen MR) is 128 cm³/mol. The third-order valence-electron chi connectivity index (χ3n) is 6.75. The molecule has 1 aromatic heterocycles. The van der Waals surface area contributed by atoms with Crippen molar-refractivity contribution in [2.75, 3.05) is 24.5 Å². The van der Waals surface area contributed by atoms with Crippen LogP contribution in [-0.4, -0.2) is 47.4 Å². The molecule has 6 nitrogen and oxygen atoms in total. The van der Waals surface area contributed by atoms with E-state index in [2.05, 4.69) is 27.8 Å². The van der Waals surface area contributed by atoms with E-state index in [0.29, 0.717) is 17.5 Å². The molecule has 3 aromatic rings. The average molecular weight is 449 g/mol. The van der Waals surface area contributed by atoms with E-state index in [9.17, 15) is 9.59 Å². The Morgan fingerprint density at radius 2 is 2.09 bits per heavy atom. The number of anilines is 1. The van der Waals surface area contributed by atoms with Gasteiger partial charge in [-0.05, 0) is 49.3 Å². The minimum absolute atomic E-state index is 0.0933. The Morgan fingerprint density at radius 1 is 1.28 bits per heavy atom. The largest absolute Gasteiger partial charge is 0.369 e. The van der Waals surface area contributed by atoms with Crippen LogP contribution in [0.1, 0.15) is 25.3 Å². The Bertz CT molecular complexity index is 1300. The van der Waals surface area contributed by atoms with Gasteiger partial charge in [-0.3, -0.25) is 9.59 Å². The summed E-state index contributed by atoms with van der Waals surface area (Å²) >= 11 is 6.86. The van der Waals surface area contributed by atoms with Crippen LogP contribution in [-0.2, 0) is 16.0 Å². The molecule has 0 spiro atoms. The van der Waals surface area contributed by atoms with Crippen LogP contribution in [0, 0.1) is 17.8 Å². The molecule has 0 saturated carbocycles. The van der Waals surface area contributed by atoms with Crippen molar-refractivity contribution in [3.8, 4) is 11.8 Å². The predicted octanol–water partition coefficient (Wildman–Crippen LogP) is 3.45. The molecular weight excluding hydrogens is 424 g/mol. The molecule has 2 aliphatic rings. The second-order valence-corrected chi connectivity index (χ2v) is 9.09. The van der Waals surface area contributed by atoms with E-state index in [0.717, 1.165) is 59.0 Å². The van der Waals surface area contributed by atoms with Crippen LogP contribution < -0.4 is 10.6 Å². The monoisotopic (exact) mass is 448 g/mol. The molecule has 0 unspecified atom stereocenters. The lowest BCUT2D eigenvalue weighted by molar-refractivity contribution is -0.129. The van der Waals surface area contributed by atoms with Gasteiger partial charge in [-0.15, -0.1) is 0 Å². The highest BCUT2D eigenvalue weighted by molar-refractivity contribution is 6.36. The Morgan fingerprint density at radius 3 is 2.88 bits per heavy atom. The third kappa shape index (κ3) is 3.37. The number of nitrogens with one attached hydrogen (secondary N) is 1. The number of primary amides is 1. The van der Waals surface area contributed by atoms with E-state index < -0.39 is 5.91 Å². The fourth-order valence-corrected chi connectivity index (χ4v) is 5.82. The Hall–Kier alpha value is -3.17. The molecule has 2 atom stereocenters. The highest BCUT2D eigenvalue weighted by Crippen LogP contribution is 2.44. The number of H-pyrrole nitrogens is 1. The SMILES string of the molecule is CC#CC(=O)N1CCC[C@H]2CN(c3c(Cl)cc(CC(N)=O)c4[nH]c5ccccc5c34)C[C@H]21. The lowest BCUT2D eigenvalue weighted by Gasteiger charge is -2.35. The smallest absolute Gasteiger partial charge is 0.298 e. The zero-order valence-electron chi connectivity index (χ0n) is 18.0. The van der Waals surface area contributed by atoms with Gasteiger partial charge in [0.1, 0.15) is 0 Å². The van der Waals surface area contributed by atoms with Gasteiger partial charge in [0, 0.05) is 35.9 Å². The molecule has 2 aromatic carbocycles. The maximum Gasteiger partial charge on any atom is 0.298 e. The summed E-state index contributed by atoms with van der Waals surface area (Å²) in [4.78, 5) is 32.0. The lowest BCUT2D eigenvalue weighted by atomic mass is 9.92. The Labute approximate surface area is 191 Å². The molecular formula is C25H25ClN4O2. The molecule has 2 amide bonds. The average Bonchev–Trinajstić information content (AvgIpc) is 3.35. The van der Waals surface area contributed by atoms with E-state index >= 15 is 0 Å². The first-order chi connectivity index (χ1) is 15.5. The number of piperidine rings is 1. The topological polar surface area (TPSA) is 82.4 Å². The fraction of sp³-hybridized carbons (Fsp3) is 0.360. The molecule has 7 heteroatoms. The van der Waals surface area contributed by atoms with Gasteiger partial charge < -0.3 is 20.5 Å². The quantitative estimate of drug-likeness (QED) is 0.602. The number of aromatic amines is 1. The number of hydrogen-bond acceptors (Lipinski definition) is 3. The van der Waals surface area contributed by atoms with Crippen molar-refractivity contribution in [3.05, 3.63) is 40.9 Å². The summed E-state index contributed by atoms with van der Waals surface area (Å²) in [6.45, 7) is 3.99. The van der Waals surface area contributed by atoms with E-state index in [4.69, 9.17) is 17.3 Å². The zero-order valence-corrected chi connectivity index (χ0v) is 18.7. The van der Waals surface area contributed by atoms with Crippen LogP contribution in [0.4, 0.5) is 5.69 Å². The van der Waals surface area contributed by atoms with Gasteiger partial charge in [0.05, 0.1) is 28.7 Å². The Kier molecular flexibility index (Phi) is 5.22. The molecule has 2 fully saturated rings. The second kappa shape index (κ2) is 8.07. The van der Waals surface area contributed by atoms with Crippen LogP contribution in [0.5, 0.6) is 0 Å². The minimum atomic E-state index is -0.396. The van der Waals surface area contributed by atoms with Crippen molar-refractivity contribution in [3.63, 3.8) is 0 Å². The lowest BCUT2D eigenvalue weighted by Crippen LogP contribution is -2.48. The van der Waals surface area contributed by atoms with Crippen molar-refractivity contribution in [1.29, 1.82) is 0 Å². The van der Waals surface area contributed by atoms with Crippen molar-refractivity contribution in [2.24, 2.45) is 11.7 Å². The molecule has 3 heterocycles. The van der Waals surface area contributed by atoms with Crippen molar-refractivity contribution < 1.29 is 9.59 Å². The summed E-state index contributed by atoms with van der Waals surface area (Å²) < 4.78 is 0. The van der Waals surface area contributed by atoms with Crippen LogP contribution in [0.2, 0.25) is 5.02 Å². The van der Waals surface area contributed by atoms with E-state index in [1.54, 1.807) is 6.92 Å². The molecule has 3 N–H and O–H groups in total. The van der Waals surface area contributed by atoms with Gasteiger partial charge in [-0.25, -0.2) is 0 Å². The number of para-hydroxylation sites is 1. The van der Waals surface area contributed by atoms with Crippen LogP contribution in [0.25, 0.3) is 21.8 Å². The summed E-state index contributed by atoms with van der Waals surface area (Å²) in [5.74, 6) is 5.35. The summed E-state index contributed by atoms with van der Waals surface area (Å²) in [6, 6.07) is 10.1. The number of hydrogen-bond donors (Lipinski definition) is 2. The van der Waals surface area contributed by atoms with Crippen molar-refractivity contribution in [2.45, 2.75) is 32.2 Å². The first kappa shape index (κ1) is 20.7. The van der Waals surface area contributed by atoms with E-state index in [-0.39, 0.29) is 18.4 Å². The van der Waals surface area contributed by atoms with E-state index in [1.807, 2.05) is 29.2 Å². The van der Waals surface area contributed by atoms with Gasteiger partial charge in [0.25, 0.3) is 5.91 Å². The number of amides is 2. The number of nitrogens with two attached hydrogens (primary N) is 1. The molecule has 0 radical (unpaired) electrons. The maximum absolute atomic E-state index is 12.6. The number of rotatable bonds is 3. The summed E-state index contributed by atoms with van der Waals surface area (Å²) in [6.07, 6.45) is 2.19. The molecule has 164 valence electrons. The van der Waals surface area contributed by atoms with Gasteiger partial charge in [0.15, 0.2) is 0 Å². The molecule has 2 aliphatic heterocycles. The standard InChI is InChI=1S/C25H25ClN4O2/c1-2-6-22(32)30-10-5-7-15-13-29(14-20(15)30)25-18(26)11-16(12-21(27)31)24-23(25)17-8-3-4-9-19(17)28-24/h3-4,8-9,11,15,20,28H,5,7,10,12-14H2,1H3,(H2,27,31)/t15-,20+/m0/s1. The second-order valence-electron chi connectivity index (χ2n) is 8.68. The highest BCUT2D eigenvalue weighted by atomic mass is 35.5. The zero-order chi connectivity index (χ0) is 22.4.